The van der Waals surface area contributed by atoms with Gasteiger partial charge < -0.3 is 19.4 Å². The van der Waals surface area contributed by atoms with Crippen molar-refractivity contribution in [2.24, 2.45) is 0 Å². The zero-order valence-corrected chi connectivity index (χ0v) is 26.4. The number of hydrogen-bond acceptors (Lipinski definition) is 9. The van der Waals surface area contributed by atoms with Gasteiger partial charge in [-0.05, 0) is 52.0 Å². The Kier molecular flexibility index (Phi) is 9.45. The largest absolute Gasteiger partial charge is 0.462 e. The first-order valence-electron chi connectivity index (χ1n) is 14.2. The molecule has 0 aliphatic carbocycles. The third-order valence-electron chi connectivity index (χ3n) is 7.68. The van der Waals surface area contributed by atoms with Crippen molar-refractivity contribution >= 4 is 48.9 Å². The number of anilines is 1. The number of pyridine rings is 1. The maximum Gasteiger partial charge on any atom is 0.319 e. The monoisotopic (exact) mass is 626 g/mol. The molecule has 1 saturated heterocycles. The van der Waals surface area contributed by atoms with Crippen LogP contribution in [0.1, 0.15) is 12.8 Å². The lowest BCUT2D eigenvalue weighted by Crippen LogP contribution is -2.31. The Bertz CT molecular complexity index is 1760. The van der Waals surface area contributed by atoms with Gasteiger partial charge in [-0.15, -0.1) is 0 Å². The molecular weight excluding hydrogens is 591 g/mol. The van der Waals surface area contributed by atoms with Crippen LogP contribution in [-0.2, 0) is 9.84 Å². The Morgan fingerprint density at radius 1 is 1.16 bits per heavy atom. The molecule has 0 amide bonds. The summed E-state index contributed by atoms with van der Waals surface area (Å²) in [7, 11) is 4.01. The molecule has 1 fully saturated rings. The smallest absolute Gasteiger partial charge is 0.319 e. The first-order chi connectivity index (χ1) is 20.5. The second-order valence-electron chi connectivity index (χ2n) is 11.2. The third-order valence-corrected chi connectivity index (χ3v) is 9.35. The van der Waals surface area contributed by atoms with Crippen LogP contribution in [0.2, 0.25) is 5.02 Å². The number of hydrogen-bond donors (Lipinski definition) is 0. The third kappa shape index (κ3) is 7.06. The van der Waals surface area contributed by atoms with E-state index in [1.807, 2.05) is 50.3 Å². The van der Waals surface area contributed by atoms with Gasteiger partial charge in [0.25, 0.3) is 0 Å². The Balaban J connectivity index is 1.54. The fourth-order valence-corrected chi connectivity index (χ4v) is 6.58. The van der Waals surface area contributed by atoms with Crippen LogP contribution in [0.3, 0.4) is 0 Å². The Hall–Kier alpha value is -3.38. The van der Waals surface area contributed by atoms with Crippen LogP contribution in [-0.4, -0.2) is 99.4 Å². The number of likely N-dealkylation sites (N-methyl/N-ethyl adjacent to an activating group) is 2. The van der Waals surface area contributed by atoms with E-state index in [1.165, 1.54) is 11.6 Å². The van der Waals surface area contributed by atoms with Crippen molar-refractivity contribution in [3.05, 3.63) is 64.9 Å². The van der Waals surface area contributed by atoms with Gasteiger partial charge in [0.15, 0.2) is 15.7 Å². The van der Waals surface area contributed by atoms with E-state index in [1.54, 1.807) is 30.2 Å². The summed E-state index contributed by atoms with van der Waals surface area (Å²) in [6.45, 7) is 1.97. The Labute approximate surface area is 256 Å². The maximum absolute atomic E-state index is 16.4. The van der Waals surface area contributed by atoms with Crippen molar-refractivity contribution in [1.82, 2.24) is 24.8 Å². The molecule has 1 aliphatic heterocycles. The summed E-state index contributed by atoms with van der Waals surface area (Å²) >= 11 is 6.55. The van der Waals surface area contributed by atoms with Gasteiger partial charge in [-0.2, -0.15) is 9.97 Å². The molecule has 0 bridgehead atoms. The van der Waals surface area contributed by atoms with E-state index >= 15 is 4.39 Å². The summed E-state index contributed by atoms with van der Waals surface area (Å²) in [5, 5.41) is 3.62. The normalized spacial score (nSPS) is 16.2. The highest BCUT2D eigenvalue weighted by atomic mass is 35.5. The average molecular weight is 627 g/mol. The van der Waals surface area contributed by atoms with Crippen LogP contribution in [0.4, 0.5) is 10.2 Å². The minimum atomic E-state index is -3.48. The van der Waals surface area contributed by atoms with Gasteiger partial charge in [0, 0.05) is 53.8 Å². The highest BCUT2D eigenvalue weighted by molar-refractivity contribution is 7.94. The van der Waals surface area contributed by atoms with Gasteiger partial charge in [-0.1, -0.05) is 48.0 Å². The molecule has 0 spiro atoms. The van der Waals surface area contributed by atoms with Crippen molar-refractivity contribution in [2.45, 2.75) is 18.9 Å². The van der Waals surface area contributed by atoms with Gasteiger partial charge in [-0.25, -0.2) is 12.8 Å². The average Bonchev–Trinajstić information content (AvgIpc) is 3.39. The van der Waals surface area contributed by atoms with Crippen LogP contribution >= 0.6 is 11.6 Å². The van der Waals surface area contributed by atoms with Crippen LogP contribution < -0.4 is 9.64 Å². The molecule has 228 valence electrons. The molecule has 0 N–H and O–H groups in total. The quantitative estimate of drug-likeness (QED) is 0.227. The van der Waals surface area contributed by atoms with E-state index in [4.69, 9.17) is 16.3 Å². The van der Waals surface area contributed by atoms with Crippen molar-refractivity contribution in [3.8, 4) is 17.3 Å². The molecule has 12 heteroatoms. The molecule has 1 atom stereocenters. The number of rotatable bonds is 11. The van der Waals surface area contributed by atoms with Gasteiger partial charge in [-0.3, -0.25) is 4.98 Å². The molecule has 9 nitrogen and oxygen atoms in total. The highest BCUT2D eigenvalue weighted by Gasteiger charge is 2.24. The molecule has 0 unspecified atom stereocenters. The van der Waals surface area contributed by atoms with Gasteiger partial charge >= 0.3 is 6.01 Å². The zero-order chi connectivity index (χ0) is 30.7. The summed E-state index contributed by atoms with van der Waals surface area (Å²) in [6.07, 6.45) is 5.20. The molecule has 2 aromatic heterocycles. The molecule has 5 rings (SSSR count). The van der Waals surface area contributed by atoms with E-state index < -0.39 is 15.7 Å². The van der Waals surface area contributed by atoms with Gasteiger partial charge in [0.2, 0.25) is 0 Å². The SMILES string of the molecule is CN(C)C/C=C/S(=O)(=O)CCN(C)c1nc(OC[C@@H]2CCCN2C)nc2c(F)c(-c3cccc4cccc(Cl)c34)ncc12. The molecule has 3 heterocycles. The second-order valence-corrected chi connectivity index (χ2v) is 13.6. The first kappa shape index (κ1) is 31.1. The fourth-order valence-electron chi connectivity index (χ4n) is 5.26. The molecule has 4 aromatic rings. The summed E-state index contributed by atoms with van der Waals surface area (Å²) < 4.78 is 47.8. The van der Waals surface area contributed by atoms with Crippen molar-refractivity contribution < 1.29 is 17.5 Å². The van der Waals surface area contributed by atoms with Crippen molar-refractivity contribution in [1.29, 1.82) is 0 Å². The number of aromatic nitrogens is 3. The van der Waals surface area contributed by atoms with Crippen LogP contribution in [0, 0.1) is 5.82 Å². The van der Waals surface area contributed by atoms with E-state index in [0.717, 1.165) is 24.8 Å². The number of sulfone groups is 1. The molecule has 1 aliphatic rings. The lowest BCUT2D eigenvalue weighted by molar-refractivity contribution is 0.188. The molecular formula is C31H36ClFN6O3S. The number of nitrogens with zero attached hydrogens (tertiary/aromatic N) is 6. The Morgan fingerprint density at radius 2 is 1.93 bits per heavy atom. The zero-order valence-electron chi connectivity index (χ0n) is 24.8. The Morgan fingerprint density at radius 3 is 2.65 bits per heavy atom. The number of likely N-dealkylation sites (tertiary alicyclic amines) is 1. The minimum absolute atomic E-state index is 0.0235. The molecule has 2 aromatic carbocycles. The lowest BCUT2D eigenvalue weighted by Gasteiger charge is -2.22. The summed E-state index contributed by atoms with van der Waals surface area (Å²) in [4.78, 5) is 19.4. The van der Waals surface area contributed by atoms with E-state index in [2.05, 4.69) is 19.9 Å². The predicted molar refractivity (Wildman–Crippen MR) is 171 cm³/mol. The number of halogens is 2. The fraction of sp³-hybridized carbons (Fsp3) is 0.387. The number of benzene rings is 2. The van der Waals surface area contributed by atoms with Gasteiger partial charge in [0.05, 0.1) is 11.1 Å². The number of ether oxygens (including phenoxy) is 1. The van der Waals surface area contributed by atoms with Crippen LogP contribution in [0.15, 0.2) is 54.1 Å². The maximum atomic E-state index is 16.4. The van der Waals surface area contributed by atoms with E-state index in [-0.39, 0.29) is 35.6 Å². The molecule has 0 radical (unpaired) electrons. The first-order valence-corrected chi connectivity index (χ1v) is 16.3. The second kappa shape index (κ2) is 13.1. The summed E-state index contributed by atoms with van der Waals surface area (Å²) in [5.41, 5.74) is 0.685. The molecule has 43 heavy (non-hydrogen) atoms. The van der Waals surface area contributed by atoms with Gasteiger partial charge in [0.1, 0.15) is 23.6 Å². The standard InChI is InChI=1S/C31H36ClFN6O3S/c1-37(2)14-8-17-43(40,41)18-16-39(4)30-24-19-34-28(23-12-5-9-21-10-6-13-25(32)26(21)23)27(33)29(24)35-31(36-30)42-20-22-11-7-15-38(22)3/h5-6,8-10,12-13,17,19,22H,7,11,14-16,18,20H2,1-4H3/b17-8+/t22-/m0/s1. The van der Waals surface area contributed by atoms with Crippen LogP contribution in [0.5, 0.6) is 6.01 Å². The summed E-state index contributed by atoms with van der Waals surface area (Å²) in [5.74, 6) is -0.449. The minimum Gasteiger partial charge on any atom is -0.462 e. The lowest BCUT2D eigenvalue weighted by atomic mass is 10.0. The predicted octanol–water partition coefficient (Wildman–Crippen LogP) is 5.04. The summed E-state index contributed by atoms with van der Waals surface area (Å²) in [6, 6.07) is 11.3. The molecule has 0 saturated carbocycles. The van der Waals surface area contributed by atoms with E-state index in [0.29, 0.717) is 40.3 Å². The van der Waals surface area contributed by atoms with Crippen molar-refractivity contribution in [2.75, 3.05) is 65.1 Å². The van der Waals surface area contributed by atoms with Crippen molar-refractivity contribution in [3.63, 3.8) is 0 Å². The number of fused-ring (bicyclic) bond motifs is 2. The van der Waals surface area contributed by atoms with E-state index in [9.17, 15) is 8.42 Å². The highest BCUT2D eigenvalue weighted by Crippen LogP contribution is 2.37. The van der Waals surface area contributed by atoms with Crippen LogP contribution in [0.25, 0.3) is 32.9 Å². The topological polar surface area (TPSA) is 91.8 Å².